The molecule has 1 N–H and O–H groups in total. The first-order chi connectivity index (χ1) is 9.26. The van der Waals surface area contributed by atoms with Crippen LogP contribution in [0.15, 0.2) is 42.6 Å². The number of anilines is 1. The van der Waals surface area contributed by atoms with E-state index in [1.807, 2.05) is 37.4 Å². The average Bonchev–Trinajstić information content (AvgIpc) is 2.46. The number of hydrogen-bond acceptors (Lipinski definition) is 3. The van der Waals surface area contributed by atoms with Crippen molar-refractivity contribution in [1.29, 1.82) is 0 Å². The van der Waals surface area contributed by atoms with Crippen LogP contribution in [0, 0.1) is 6.92 Å². The van der Waals surface area contributed by atoms with Crippen LogP contribution < -0.4 is 10.1 Å². The molecule has 0 amide bonds. The van der Waals surface area contributed by atoms with Crippen LogP contribution in [-0.2, 0) is 0 Å². The zero-order chi connectivity index (χ0) is 13.7. The Morgan fingerprint density at radius 3 is 2.68 bits per heavy atom. The molecule has 3 nitrogen and oxygen atoms in total. The van der Waals surface area contributed by atoms with Crippen molar-refractivity contribution in [2.24, 2.45) is 0 Å². The first kappa shape index (κ1) is 13.4. The fourth-order valence-electron chi connectivity index (χ4n) is 2.18. The summed E-state index contributed by atoms with van der Waals surface area (Å²) in [5, 5.41) is 3.55. The molecule has 1 atom stereocenters. The standard InChI is InChI=1S/C16H20N2O/c1-4-14(13-8-5-6-10-16(13)19-3)18-15-9-7-11-17-12(15)2/h5-11,14,18H,4H2,1-3H3. The topological polar surface area (TPSA) is 34.2 Å². The van der Waals surface area contributed by atoms with Gasteiger partial charge in [0.2, 0.25) is 0 Å². The van der Waals surface area contributed by atoms with E-state index in [9.17, 15) is 0 Å². The molecular formula is C16H20N2O. The number of para-hydroxylation sites is 1. The van der Waals surface area contributed by atoms with Crippen LogP contribution in [-0.4, -0.2) is 12.1 Å². The Morgan fingerprint density at radius 2 is 2.00 bits per heavy atom. The first-order valence-corrected chi connectivity index (χ1v) is 6.57. The minimum absolute atomic E-state index is 0.221. The lowest BCUT2D eigenvalue weighted by molar-refractivity contribution is 0.406. The second-order valence-corrected chi connectivity index (χ2v) is 4.48. The lowest BCUT2D eigenvalue weighted by atomic mass is 10.0. The van der Waals surface area contributed by atoms with Gasteiger partial charge in [-0.15, -0.1) is 0 Å². The highest BCUT2D eigenvalue weighted by Crippen LogP contribution is 2.30. The van der Waals surface area contributed by atoms with Crippen molar-refractivity contribution in [3.8, 4) is 5.75 Å². The molecule has 0 bridgehead atoms. The highest BCUT2D eigenvalue weighted by atomic mass is 16.5. The van der Waals surface area contributed by atoms with Gasteiger partial charge in [-0.2, -0.15) is 0 Å². The van der Waals surface area contributed by atoms with Gasteiger partial charge in [0.05, 0.1) is 24.5 Å². The van der Waals surface area contributed by atoms with Crippen molar-refractivity contribution in [3.05, 3.63) is 53.9 Å². The zero-order valence-electron chi connectivity index (χ0n) is 11.7. The summed E-state index contributed by atoms with van der Waals surface area (Å²) in [4.78, 5) is 4.31. The molecule has 0 aliphatic carbocycles. The molecule has 0 saturated heterocycles. The zero-order valence-corrected chi connectivity index (χ0v) is 11.7. The van der Waals surface area contributed by atoms with E-state index in [-0.39, 0.29) is 6.04 Å². The summed E-state index contributed by atoms with van der Waals surface area (Å²) in [5.74, 6) is 0.920. The minimum atomic E-state index is 0.221. The molecule has 2 aromatic rings. The number of pyridine rings is 1. The number of ether oxygens (including phenoxy) is 1. The third-order valence-electron chi connectivity index (χ3n) is 3.26. The lowest BCUT2D eigenvalue weighted by Crippen LogP contribution is -2.12. The van der Waals surface area contributed by atoms with E-state index in [1.54, 1.807) is 7.11 Å². The van der Waals surface area contributed by atoms with Gasteiger partial charge in [-0.25, -0.2) is 0 Å². The van der Waals surface area contributed by atoms with Gasteiger partial charge >= 0.3 is 0 Å². The molecule has 100 valence electrons. The third kappa shape index (κ3) is 3.05. The molecule has 0 fully saturated rings. The fraction of sp³-hybridized carbons (Fsp3) is 0.312. The van der Waals surface area contributed by atoms with Crippen molar-refractivity contribution in [2.75, 3.05) is 12.4 Å². The van der Waals surface area contributed by atoms with E-state index in [0.717, 1.165) is 23.6 Å². The van der Waals surface area contributed by atoms with Gasteiger partial charge < -0.3 is 10.1 Å². The largest absolute Gasteiger partial charge is 0.496 e. The molecule has 0 aliphatic rings. The van der Waals surface area contributed by atoms with Crippen LogP contribution in [0.25, 0.3) is 0 Å². The number of methoxy groups -OCH3 is 1. The number of aryl methyl sites for hydroxylation is 1. The summed E-state index contributed by atoms with van der Waals surface area (Å²) in [5.41, 5.74) is 3.26. The lowest BCUT2D eigenvalue weighted by Gasteiger charge is -2.21. The van der Waals surface area contributed by atoms with Crippen molar-refractivity contribution in [3.63, 3.8) is 0 Å². The SMILES string of the molecule is CCC(Nc1cccnc1C)c1ccccc1OC. The normalized spacial score (nSPS) is 11.9. The molecule has 1 heterocycles. The predicted octanol–water partition coefficient (Wildman–Crippen LogP) is 3.96. The Labute approximate surface area is 114 Å². The van der Waals surface area contributed by atoms with Gasteiger partial charge in [0.15, 0.2) is 0 Å². The van der Waals surface area contributed by atoms with Gasteiger partial charge in [-0.1, -0.05) is 25.1 Å². The van der Waals surface area contributed by atoms with Crippen LogP contribution in [0.3, 0.4) is 0 Å². The smallest absolute Gasteiger partial charge is 0.124 e. The number of nitrogens with zero attached hydrogens (tertiary/aromatic N) is 1. The molecule has 0 aliphatic heterocycles. The monoisotopic (exact) mass is 256 g/mol. The van der Waals surface area contributed by atoms with Crippen LogP contribution >= 0.6 is 0 Å². The second-order valence-electron chi connectivity index (χ2n) is 4.48. The van der Waals surface area contributed by atoms with Gasteiger partial charge in [0.25, 0.3) is 0 Å². The highest BCUT2D eigenvalue weighted by molar-refractivity contribution is 5.50. The van der Waals surface area contributed by atoms with Gasteiger partial charge in [-0.3, -0.25) is 4.98 Å². The quantitative estimate of drug-likeness (QED) is 0.879. The highest BCUT2D eigenvalue weighted by Gasteiger charge is 2.14. The molecule has 0 radical (unpaired) electrons. The van der Waals surface area contributed by atoms with Crippen molar-refractivity contribution in [2.45, 2.75) is 26.3 Å². The third-order valence-corrected chi connectivity index (χ3v) is 3.26. The molecule has 1 aromatic heterocycles. The molecule has 2 rings (SSSR count). The van der Waals surface area contributed by atoms with E-state index in [1.165, 1.54) is 5.56 Å². The number of rotatable bonds is 5. The summed E-state index contributed by atoms with van der Waals surface area (Å²) in [7, 11) is 1.71. The molecule has 1 unspecified atom stereocenters. The fourth-order valence-corrected chi connectivity index (χ4v) is 2.18. The Balaban J connectivity index is 2.28. The Morgan fingerprint density at radius 1 is 1.21 bits per heavy atom. The molecule has 0 spiro atoms. The van der Waals surface area contributed by atoms with Gasteiger partial charge in [0, 0.05) is 11.8 Å². The Bertz CT molecular complexity index is 540. The molecule has 1 aromatic carbocycles. The summed E-state index contributed by atoms with van der Waals surface area (Å²) in [6.45, 7) is 4.17. The van der Waals surface area contributed by atoms with E-state index in [0.29, 0.717) is 0 Å². The predicted molar refractivity (Wildman–Crippen MR) is 78.6 cm³/mol. The first-order valence-electron chi connectivity index (χ1n) is 6.57. The molecule has 19 heavy (non-hydrogen) atoms. The van der Waals surface area contributed by atoms with Crippen molar-refractivity contribution < 1.29 is 4.74 Å². The van der Waals surface area contributed by atoms with Gasteiger partial charge in [0.1, 0.15) is 5.75 Å². The molecular weight excluding hydrogens is 236 g/mol. The maximum atomic E-state index is 5.44. The molecule has 3 heteroatoms. The van der Waals surface area contributed by atoms with E-state index in [2.05, 4.69) is 29.4 Å². The summed E-state index contributed by atoms with van der Waals surface area (Å²) in [6, 6.07) is 12.4. The number of hydrogen-bond donors (Lipinski definition) is 1. The average molecular weight is 256 g/mol. The molecule has 0 saturated carbocycles. The second kappa shape index (κ2) is 6.23. The minimum Gasteiger partial charge on any atom is -0.496 e. The summed E-state index contributed by atoms with van der Waals surface area (Å²) < 4.78 is 5.44. The van der Waals surface area contributed by atoms with Crippen molar-refractivity contribution in [1.82, 2.24) is 4.98 Å². The number of nitrogens with one attached hydrogen (secondary N) is 1. The number of aromatic nitrogens is 1. The summed E-state index contributed by atoms with van der Waals surface area (Å²) in [6.07, 6.45) is 2.79. The van der Waals surface area contributed by atoms with Crippen molar-refractivity contribution >= 4 is 5.69 Å². The van der Waals surface area contributed by atoms with Gasteiger partial charge in [-0.05, 0) is 31.5 Å². The maximum absolute atomic E-state index is 5.44. The van der Waals surface area contributed by atoms with Crippen LogP contribution in [0.1, 0.15) is 30.6 Å². The Kier molecular flexibility index (Phi) is 4.39. The Hall–Kier alpha value is -2.03. The summed E-state index contributed by atoms with van der Waals surface area (Å²) >= 11 is 0. The van der Waals surface area contributed by atoms with Crippen LogP contribution in [0.2, 0.25) is 0 Å². The van der Waals surface area contributed by atoms with E-state index >= 15 is 0 Å². The number of benzene rings is 1. The van der Waals surface area contributed by atoms with Crippen LogP contribution in [0.4, 0.5) is 5.69 Å². The van der Waals surface area contributed by atoms with Crippen LogP contribution in [0.5, 0.6) is 5.75 Å². The van der Waals surface area contributed by atoms with E-state index < -0.39 is 0 Å². The van der Waals surface area contributed by atoms with E-state index in [4.69, 9.17) is 4.74 Å². The maximum Gasteiger partial charge on any atom is 0.124 e.